The molecule has 0 radical (unpaired) electrons. The highest BCUT2D eigenvalue weighted by Gasteiger charge is 2.18. The van der Waals surface area contributed by atoms with E-state index in [-0.39, 0.29) is 17.3 Å². The van der Waals surface area contributed by atoms with Crippen molar-refractivity contribution in [2.75, 3.05) is 0 Å². The van der Waals surface area contributed by atoms with Gasteiger partial charge in [-0.1, -0.05) is 15.9 Å². The van der Waals surface area contributed by atoms with Gasteiger partial charge in [0.25, 0.3) is 5.43 Å². The zero-order chi connectivity index (χ0) is 15.1. The van der Waals surface area contributed by atoms with Crippen LogP contribution in [0.4, 0.5) is 0 Å². The van der Waals surface area contributed by atoms with Crippen molar-refractivity contribution < 1.29 is 9.52 Å². The molecule has 108 valence electrons. The summed E-state index contributed by atoms with van der Waals surface area (Å²) in [6, 6.07) is 7.26. The molecule has 5 nitrogen and oxygen atoms in total. The van der Waals surface area contributed by atoms with E-state index in [1.54, 1.807) is 23.0 Å². The van der Waals surface area contributed by atoms with Gasteiger partial charge in [-0.3, -0.25) is 9.48 Å². The summed E-state index contributed by atoms with van der Waals surface area (Å²) in [6.07, 6.45) is 1.67. The molecule has 0 saturated carbocycles. The summed E-state index contributed by atoms with van der Waals surface area (Å²) in [5.74, 6) is -0.262. The first-order chi connectivity index (χ1) is 9.97. The van der Waals surface area contributed by atoms with Gasteiger partial charge in [-0.2, -0.15) is 5.10 Å². The average Bonchev–Trinajstić information content (AvgIpc) is 2.88. The van der Waals surface area contributed by atoms with E-state index >= 15 is 0 Å². The smallest absolute Gasteiger partial charge is 0.255 e. The van der Waals surface area contributed by atoms with Gasteiger partial charge < -0.3 is 9.52 Å². The van der Waals surface area contributed by atoms with Crippen LogP contribution in [0.25, 0.3) is 22.4 Å². The number of halogens is 1. The normalized spacial score (nSPS) is 11.4. The molecule has 2 heterocycles. The van der Waals surface area contributed by atoms with E-state index in [1.165, 1.54) is 0 Å². The van der Waals surface area contributed by atoms with Crippen molar-refractivity contribution in [1.29, 1.82) is 0 Å². The summed E-state index contributed by atoms with van der Waals surface area (Å²) < 4.78 is 8.23. The van der Waals surface area contributed by atoms with Gasteiger partial charge in [0.05, 0.1) is 6.20 Å². The summed E-state index contributed by atoms with van der Waals surface area (Å²) in [5, 5.41) is 14.3. The Morgan fingerprint density at radius 2 is 1.95 bits per heavy atom. The summed E-state index contributed by atoms with van der Waals surface area (Å²) in [5.41, 5.74) is 0.618. The lowest BCUT2D eigenvalue weighted by Gasteiger charge is -2.03. The minimum Gasteiger partial charge on any atom is -0.501 e. The second-order valence-corrected chi connectivity index (χ2v) is 5.95. The third kappa shape index (κ3) is 2.35. The number of aromatic nitrogens is 2. The zero-order valence-corrected chi connectivity index (χ0v) is 13.1. The van der Waals surface area contributed by atoms with E-state index in [2.05, 4.69) is 21.0 Å². The van der Waals surface area contributed by atoms with Crippen molar-refractivity contribution >= 4 is 27.0 Å². The molecule has 1 aromatic carbocycles. The highest BCUT2D eigenvalue weighted by atomic mass is 79.9. The summed E-state index contributed by atoms with van der Waals surface area (Å²) in [6.45, 7) is 3.90. The SMILES string of the molecule is CC(C)n1cc2oc(-c3ccc(Br)cc3)c(O)c(=O)c2n1. The summed E-state index contributed by atoms with van der Waals surface area (Å²) >= 11 is 3.34. The highest BCUT2D eigenvalue weighted by molar-refractivity contribution is 9.10. The molecule has 0 bridgehead atoms. The van der Waals surface area contributed by atoms with E-state index in [0.717, 1.165) is 4.47 Å². The zero-order valence-electron chi connectivity index (χ0n) is 11.5. The molecule has 0 atom stereocenters. The van der Waals surface area contributed by atoms with E-state index in [0.29, 0.717) is 11.1 Å². The van der Waals surface area contributed by atoms with Crippen LogP contribution in [0.5, 0.6) is 5.75 Å². The quantitative estimate of drug-likeness (QED) is 0.766. The Kier molecular flexibility index (Phi) is 3.33. The van der Waals surface area contributed by atoms with Gasteiger partial charge in [0.15, 0.2) is 16.9 Å². The number of hydrogen-bond acceptors (Lipinski definition) is 4. The Morgan fingerprint density at radius 1 is 1.29 bits per heavy atom. The number of aromatic hydroxyl groups is 1. The van der Waals surface area contributed by atoms with Crippen LogP contribution in [0.15, 0.2) is 44.1 Å². The fraction of sp³-hybridized carbons (Fsp3) is 0.200. The number of rotatable bonds is 2. The van der Waals surface area contributed by atoms with Crippen molar-refractivity contribution in [3.05, 3.63) is 45.2 Å². The van der Waals surface area contributed by atoms with Crippen molar-refractivity contribution in [2.45, 2.75) is 19.9 Å². The van der Waals surface area contributed by atoms with Crippen LogP contribution < -0.4 is 5.43 Å². The van der Waals surface area contributed by atoms with Gasteiger partial charge >= 0.3 is 0 Å². The van der Waals surface area contributed by atoms with Crippen LogP contribution >= 0.6 is 15.9 Å². The van der Waals surface area contributed by atoms with Crippen molar-refractivity contribution in [3.63, 3.8) is 0 Å². The third-order valence-corrected chi connectivity index (χ3v) is 3.72. The summed E-state index contributed by atoms with van der Waals surface area (Å²) in [7, 11) is 0. The molecule has 0 spiro atoms. The maximum atomic E-state index is 12.2. The first-order valence-corrected chi connectivity index (χ1v) is 7.27. The van der Waals surface area contributed by atoms with Crippen LogP contribution in [-0.2, 0) is 0 Å². The van der Waals surface area contributed by atoms with E-state index in [1.807, 2.05) is 26.0 Å². The topological polar surface area (TPSA) is 68.3 Å². The second-order valence-electron chi connectivity index (χ2n) is 5.03. The maximum absolute atomic E-state index is 12.2. The first-order valence-electron chi connectivity index (χ1n) is 6.48. The number of benzene rings is 1. The molecule has 21 heavy (non-hydrogen) atoms. The van der Waals surface area contributed by atoms with Gasteiger partial charge in [0, 0.05) is 16.1 Å². The lowest BCUT2D eigenvalue weighted by molar-refractivity contribution is 0.449. The van der Waals surface area contributed by atoms with Crippen molar-refractivity contribution in [3.8, 4) is 17.1 Å². The molecular formula is C15H13BrN2O3. The van der Waals surface area contributed by atoms with Gasteiger partial charge in [0.1, 0.15) is 0 Å². The molecule has 6 heteroatoms. The van der Waals surface area contributed by atoms with Gasteiger partial charge in [0.2, 0.25) is 5.75 Å². The number of hydrogen-bond donors (Lipinski definition) is 1. The predicted molar refractivity (Wildman–Crippen MR) is 83.5 cm³/mol. The van der Waals surface area contributed by atoms with Gasteiger partial charge in [-0.15, -0.1) is 0 Å². The van der Waals surface area contributed by atoms with E-state index in [4.69, 9.17) is 4.42 Å². The molecule has 0 amide bonds. The molecule has 0 aliphatic rings. The van der Waals surface area contributed by atoms with Crippen molar-refractivity contribution in [1.82, 2.24) is 9.78 Å². The Balaban J connectivity index is 2.27. The third-order valence-electron chi connectivity index (χ3n) is 3.19. The molecule has 0 unspecified atom stereocenters. The van der Waals surface area contributed by atoms with Crippen LogP contribution in [-0.4, -0.2) is 14.9 Å². The molecule has 0 saturated heterocycles. The lowest BCUT2D eigenvalue weighted by Crippen LogP contribution is -2.05. The predicted octanol–water partition coefficient (Wildman–Crippen LogP) is 3.71. The molecule has 0 fully saturated rings. The van der Waals surface area contributed by atoms with Crippen molar-refractivity contribution in [2.24, 2.45) is 0 Å². The standard InChI is InChI=1S/C15H13BrN2O3/c1-8(2)18-7-11-12(17-18)13(19)14(20)15(21-11)9-3-5-10(16)6-4-9/h3-8,20H,1-2H3. The number of fused-ring (bicyclic) bond motifs is 1. The fourth-order valence-corrected chi connectivity index (χ4v) is 2.31. The molecule has 1 N–H and O–H groups in total. The maximum Gasteiger partial charge on any atom is 0.255 e. The second kappa shape index (κ2) is 5.04. The van der Waals surface area contributed by atoms with Gasteiger partial charge in [-0.05, 0) is 38.1 Å². The van der Waals surface area contributed by atoms with Crippen LogP contribution in [0, 0.1) is 0 Å². The molecular weight excluding hydrogens is 336 g/mol. The highest BCUT2D eigenvalue weighted by Crippen LogP contribution is 2.30. The molecule has 2 aromatic heterocycles. The van der Waals surface area contributed by atoms with E-state index in [9.17, 15) is 9.90 Å². The van der Waals surface area contributed by atoms with Gasteiger partial charge in [-0.25, -0.2) is 0 Å². The fourth-order valence-electron chi connectivity index (χ4n) is 2.04. The minimum atomic E-state index is -0.520. The van der Waals surface area contributed by atoms with Crippen LogP contribution in [0.2, 0.25) is 0 Å². The Bertz CT molecular complexity index is 863. The Labute approximate surface area is 129 Å². The first kappa shape index (κ1) is 13.9. The van der Waals surface area contributed by atoms with Crippen LogP contribution in [0.3, 0.4) is 0 Å². The minimum absolute atomic E-state index is 0.102. The average molecular weight is 349 g/mol. The molecule has 3 rings (SSSR count). The largest absolute Gasteiger partial charge is 0.501 e. The summed E-state index contributed by atoms with van der Waals surface area (Å²) in [4.78, 5) is 12.2. The van der Waals surface area contributed by atoms with Crippen LogP contribution in [0.1, 0.15) is 19.9 Å². The molecule has 0 aliphatic heterocycles. The Hall–Kier alpha value is -2.08. The lowest BCUT2D eigenvalue weighted by atomic mass is 10.1. The molecule has 0 aliphatic carbocycles. The monoisotopic (exact) mass is 348 g/mol. The molecule has 3 aromatic rings. The Morgan fingerprint density at radius 3 is 2.57 bits per heavy atom. The van der Waals surface area contributed by atoms with E-state index < -0.39 is 11.2 Å². The number of nitrogens with zero attached hydrogens (tertiary/aromatic N) is 2.